The number of carbonyl (C=O) groups is 1. The number of H-pyrrole nitrogens is 1. The molecule has 1 heterocycles. The number of aromatic amines is 1. The molecular formula is C14H15N3O2. The van der Waals surface area contributed by atoms with Gasteiger partial charge in [-0.25, -0.2) is 0 Å². The zero-order valence-corrected chi connectivity index (χ0v) is 10.6. The van der Waals surface area contributed by atoms with Crippen LogP contribution >= 0.6 is 0 Å². The molecule has 0 saturated carbocycles. The third-order valence-electron chi connectivity index (χ3n) is 2.82. The van der Waals surface area contributed by atoms with Gasteiger partial charge in [0.05, 0.1) is 0 Å². The summed E-state index contributed by atoms with van der Waals surface area (Å²) in [7, 11) is 0. The number of carbonyl (C=O) groups excluding carboxylic acids is 1. The predicted octanol–water partition coefficient (Wildman–Crippen LogP) is 1.62. The van der Waals surface area contributed by atoms with Gasteiger partial charge >= 0.3 is 0 Å². The van der Waals surface area contributed by atoms with Gasteiger partial charge in [0, 0.05) is 36.4 Å². The van der Waals surface area contributed by atoms with E-state index in [1.54, 1.807) is 24.3 Å². The first-order chi connectivity index (χ1) is 9.13. The Morgan fingerprint density at radius 3 is 2.53 bits per heavy atom. The molecule has 0 aliphatic heterocycles. The second kappa shape index (κ2) is 5.39. The smallest absolute Gasteiger partial charge is 0.263 e. The second-order valence-electron chi connectivity index (χ2n) is 4.06. The van der Waals surface area contributed by atoms with Crippen molar-refractivity contribution in [3.63, 3.8) is 0 Å². The summed E-state index contributed by atoms with van der Waals surface area (Å²) in [5.41, 5.74) is 6.80. The van der Waals surface area contributed by atoms with Crippen LogP contribution in [0.2, 0.25) is 0 Å². The summed E-state index contributed by atoms with van der Waals surface area (Å²) < 4.78 is 0. The Bertz CT molecular complexity index is 632. The number of nitrogens with one attached hydrogen (secondary N) is 1. The van der Waals surface area contributed by atoms with Crippen molar-refractivity contribution in [2.24, 2.45) is 0 Å². The standard InChI is InChI=1S/C14H15N3O2/c1-2-17(11-5-3-10(15)4-6-11)14(19)12-9-16-8-7-13(12)18/h3-9H,2,15H2,1H3,(H,16,18). The number of benzene rings is 1. The number of amides is 1. The highest BCUT2D eigenvalue weighted by atomic mass is 16.2. The second-order valence-corrected chi connectivity index (χ2v) is 4.06. The monoisotopic (exact) mass is 257 g/mol. The third kappa shape index (κ3) is 2.65. The molecule has 1 aromatic carbocycles. The molecule has 0 bridgehead atoms. The van der Waals surface area contributed by atoms with Crippen molar-refractivity contribution in [2.75, 3.05) is 17.2 Å². The average molecular weight is 257 g/mol. The minimum absolute atomic E-state index is 0.126. The number of rotatable bonds is 3. The van der Waals surface area contributed by atoms with Crippen molar-refractivity contribution >= 4 is 17.3 Å². The molecule has 0 aliphatic carbocycles. The van der Waals surface area contributed by atoms with Crippen molar-refractivity contribution in [1.82, 2.24) is 4.98 Å². The summed E-state index contributed by atoms with van der Waals surface area (Å²) in [6.07, 6.45) is 2.92. The summed E-state index contributed by atoms with van der Waals surface area (Å²) >= 11 is 0. The number of nitrogens with two attached hydrogens (primary N) is 1. The minimum atomic E-state index is -0.325. The maximum atomic E-state index is 12.4. The first-order valence-electron chi connectivity index (χ1n) is 5.98. The fraction of sp³-hybridized carbons (Fsp3) is 0.143. The largest absolute Gasteiger partial charge is 0.399 e. The van der Waals surface area contributed by atoms with Gasteiger partial charge in [0.1, 0.15) is 5.56 Å². The van der Waals surface area contributed by atoms with Crippen LogP contribution in [0.5, 0.6) is 0 Å². The number of aromatic nitrogens is 1. The van der Waals surface area contributed by atoms with Crippen LogP contribution < -0.4 is 16.1 Å². The number of pyridine rings is 1. The number of hydrogen-bond donors (Lipinski definition) is 2. The number of nitrogen functional groups attached to an aromatic ring is 1. The summed E-state index contributed by atoms with van der Waals surface area (Å²) in [6.45, 7) is 2.32. The topological polar surface area (TPSA) is 79.2 Å². The maximum absolute atomic E-state index is 12.4. The zero-order chi connectivity index (χ0) is 13.8. The van der Waals surface area contributed by atoms with Crippen LogP contribution in [0.1, 0.15) is 17.3 Å². The summed E-state index contributed by atoms with van der Waals surface area (Å²) in [5.74, 6) is -0.325. The van der Waals surface area contributed by atoms with E-state index < -0.39 is 0 Å². The highest BCUT2D eigenvalue weighted by Crippen LogP contribution is 2.17. The SMILES string of the molecule is CCN(C(=O)c1c[nH]ccc1=O)c1ccc(N)cc1. The van der Waals surface area contributed by atoms with Gasteiger partial charge in [-0.1, -0.05) is 0 Å². The number of hydrogen-bond acceptors (Lipinski definition) is 3. The van der Waals surface area contributed by atoms with Gasteiger partial charge in [-0.05, 0) is 31.2 Å². The Hall–Kier alpha value is -2.56. The normalized spacial score (nSPS) is 10.2. The molecule has 0 aliphatic rings. The van der Waals surface area contributed by atoms with E-state index in [0.717, 1.165) is 0 Å². The molecule has 0 saturated heterocycles. The molecule has 0 radical (unpaired) electrons. The van der Waals surface area contributed by atoms with Crippen molar-refractivity contribution in [1.29, 1.82) is 0 Å². The van der Waals surface area contributed by atoms with Crippen molar-refractivity contribution < 1.29 is 4.79 Å². The van der Waals surface area contributed by atoms with Gasteiger partial charge in [0.25, 0.3) is 5.91 Å². The van der Waals surface area contributed by atoms with Gasteiger partial charge in [-0.3, -0.25) is 9.59 Å². The Morgan fingerprint density at radius 1 is 1.26 bits per heavy atom. The number of nitrogens with zero attached hydrogens (tertiary/aromatic N) is 1. The third-order valence-corrected chi connectivity index (χ3v) is 2.82. The Kier molecular flexibility index (Phi) is 3.66. The van der Waals surface area contributed by atoms with Gasteiger partial charge in [0.2, 0.25) is 0 Å². The van der Waals surface area contributed by atoms with Crippen LogP contribution in [0.3, 0.4) is 0 Å². The van der Waals surface area contributed by atoms with Crippen molar-refractivity contribution in [3.05, 3.63) is 58.5 Å². The molecule has 0 fully saturated rings. The van der Waals surface area contributed by atoms with Gasteiger partial charge < -0.3 is 15.6 Å². The Morgan fingerprint density at radius 2 is 1.95 bits per heavy atom. The van der Waals surface area contributed by atoms with E-state index in [1.807, 2.05) is 6.92 Å². The summed E-state index contributed by atoms with van der Waals surface area (Å²) in [4.78, 5) is 28.3. The quantitative estimate of drug-likeness (QED) is 0.820. The van der Waals surface area contributed by atoms with Crippen LogP contribution in [0.25, 0.3) is 0 Å². The summed E-state index contributed by atoms with van der Waals surface area (Å²) in [5, 5.41) is 0. The molecule has 0 unspecified atom stereocenters. The first-order valence-corrected chi connectivity index (χ1v) is 5.98. The van der Waals surface area contributed by atoms with Crippen LogP contribution in [0.15, 0.2) is 47.5 Å². The molecule has 0 atom stereocenters. The highest BCUT2D eigenvalue weighted by molar-refractivity contribution is 6.05. The molecule has 5 nitrogen and oxygen atoms in total. The van der Waals surface area contributed by atoms with Gasteiger partial charge in [-0.2, -0.15) is 0 Å². The molecule has 1 amide bonds. The highest BCUT2D eigenvalue weighted by Gasteiger charge is 2.18. The fourth-order valence-electron chi connectivity index (χ4n) is 1.83. The van der Waals surface area contributed by atoms with Crippen molar-refractivity contribution in [2.45, 2.75) is 6.92 Å². The Labute approximate surface area is 110 Å². The van der Waals surface area contributed by atoms with Gasteiger partial charge in [-0.15, -0.1) is 0 Å². The molecule has 0 spiro atoms. The van der Waals surface area contributed by atoms with E-state index in [1.165, 1.54) is 23.4 Å². The van der Waals surface area contributed by atoms with Crippen LogP contribution in [-0.4, -0.2) is 17.4 Å². The lowest BCUT2D eigenvalue weighted by molar-refractivity contribution is 0.0987. The molecule has 19 heavy (non-hydrogen) atoms. The van der Waals surface area contributed by atoms with E-state index in [0.29, 0.717) is 17.9 Å². The zero-order valence-electron chi connectivity index (χ0n) is 10.6. The van der Waals surface area contributed by atoms with Crippen LogP contribution in [0.4, 0.5) is 11.4 Å². The molecular weight excluding hydrogens is 242 g/mol. The van der Waals surface area contributed by atoms with Crippen LogP contribution in [0, 0.1) is 0 Å². The lowest BCUT2D eigenvalue weighted by Crippen LogP contribution is -2.34. The molecule has 3 N–H and O–H groups in total. The van der Waals surface area contributed by atoms with E-state index in [4.69, 9.17) is 5.73 Å². The summed E-state index contributed by atoms with van der Waals surface area (Å²) in [6, 6.07) is 8.30. The van der Waals surface area contributed by atoms with Crippen molar-refractivity contribution in [3.8, 4) is 0 Å². The van der Waals surface area contributed by atoms with Crippen LogP contribution in [-0.2, 0) is 0 Å². The predicted molar refractivity (Wildman–Crippen MR) is 75.3 cm³/mol. The Balaban J connectivity index is 2.38. The lowest BCUT2D eigenvalue weighted by atomic mass is 10.2. The molecule has 2 aromatic rings. The molecule has 98 valence electrons. The van der Waals surface area contributed by atoms with Gasteiger partial charge in [0.15, 0.2) is 5.43 Å². The maximum Gasteiger partial charge on any atom is 0.263 e. The van der Waals surface area contributed by atoms with E-state index >= 15 is 0 Å². The first kappa shape index (κ1) is 12.9. The number of anilines is 2. The average Bonchev–Trinajstić information content (AvgIpc) is 2.42. The minimum Gasteiger partial charge on any atom is -0.399 e. The molecule has 1 aromatic heterocycles. The molecule has 2 rings (SSSR count). The lowest BCUT2D eigenvalue weighted by Gasteiger charge is -2.20. The van der Waals surface area contributed by atoms with E-state index in [-0.39, 0.29) is 16.9 Å². The van der Waals surface area contributed by atoms with E-state index in [9.17, 15) is 9.59 Å². The molecule has 5 heteroatoms. The fourth-order valence-corrected chi connectivity index (χ4v) is 1.83. The van der Waals surface area contributed by atoms with E-state index in [2.05, 4.69) is 4.98 Å².